The first-order valence-corrected chi connectivity index (χ1v) is 10.8. The van der Waals surface area contributed by atoms with Gasteiger partial charge in [0.25, 0.3) is 0 Å². The fourth-order valence-corrected chi connectivity index (χ4v) is 4.96. The van der Waals surface area contributed by atoms with Crippen molar-refractivity contribution in [3.05, 3.63) is 24.9 Å². The number of piperazine rings is 1. The third-order valence-electron chi connectivity index (χ3n) is 4.96. The minimum absolute atomic E-state index is 0.246. The summed E-state index contributed by atoms with van der Waals surface area (Å²) in [5.74, 6) is 1.57. The van der Waals surface area contributed by atoms with E-state index in [0.29, 0.717) is 44.5 Å². The minimum atomic E-state index is -3.16. The van der Waals surface area contributed by atoms with E-state index in [0.717, 1.165) is 19.5 Å². The first-order valence-electron chi connectivity index (χ1n) is 9.19. The van der Waals surface area contributed by atoms with Crippen LogP contribution in [-0.4, -0.2) is 67.7 Å². The van der Waals surface area contributed by atoms with Gasteiger partial charge in [-0.05, 0) is 57.2 Å². The molecule has 0 bridgehead atoms. The van der Waals surface area contributed by atoms with Gasteiger partial charge in [0.2, 0.25) is 16.0 Å². The smallest absolute Gasteiger partial charge is 0.225 e. The highest BCUT2D eigenvalue weighted by atomic mass is 32.2. The highest BCUT2D eigenvalue weighted by Crippen LogP contribution is 2.19. The Morgan fingerprint density at radius 2 is 1.80 bits per heavy atom. The van der Waals surface area contributed by atoms with Crippen LogP contribution in [0.1, 0.15) is 25.7 Å². The van der Waals surface area contributed by atoms with E-state index in [4.69, 9.17) is 0 Å². The fourth-order valence-electron chi connectivity index (χ4n) is 3.45. The van der Waals surface area contributed by atoms with Crippen molar-refractivity contribution >= 4 is 16.0 Å². The van der Waals surface area contributed by atoms with Gasteiger partial charge in [0.15, 0.2) is 0 Å². The molecule has 1 aromatic heterocycles. The van der Waals surface area contributed by atoms with E-state index >= 15 is 0 Å². The molecular formula is C17H28N5O2S. The number of hydrogen-bond donors (Lipinski definition) is 1. The van der Waals surface area contributed by atoms with E-state index in [1.54, 1.807) is 22.8 Å². The van der Waals surface area contributed by atoms with Crippen molar-refractivity contribution in [1.82, 2.24) is 19.6 Å². The Labute approximate surface area is 150 Å². The van der Waals surface area contributed by atoms with Crippen molar-refractivity contribution in [2.75, 3.05) is 49.9 Å². The first-order chi connectivity index (χ1) is 12.1. The molecule has 7 nitrogen and oxygen atoms in total. The molecule has 8 heteroatoms. The number of nitrogens with one attached hydrogen (secondary N) is 1. The summed E-state index contributed by atoms with van der Waals surface area (Å²) in [5.41, 5.74) is 0. The van der Waals surface area contributed by atoms with Gasteiger partial charge in [-0.25, -0.2) is 18.4 Å². The molecule has 0 atom stereocenters. The predicted molar refractivity (Wildman–Crippen MR) is 98.7 cm³/mol. The summed E-state index contributed by atoms with van der Waals surface area (Å²) >= 11 is 0. The van der Waals surface area contributed by atoms with Gasteiger partial charge in [-0.3, -0.25) is 0 Å². The molecule has 2 aliphatic heterocycles. The van der Waals surface area contributed by atoms with Crippen LogP contribution in [0.15, 0.2) is 18.5 Å². The van der Waals surface area contributed by atoms with Crippen LogP contribution in [0, 0.1) is 12.3 Å². The van der Waals surface area contributed by atoms with Crippen LogP contribution in [0.4, 0.5) is 5.95 Å². The second kappa shape index (κ2) is 8.91. The number of rotatable bonds is 7. The lowest BCUT2D eigenvalue weighted by molar-refractivity contribution is 0.380. The summed E-state index contributed by atoms with van der Waals surface area (Å²) in [5, 5.41) is 3.35. The molecule has 1 N–H and O–H groups in total. The fraction of sp³-hybridized carbons (Fsp3) is 0.706. The molecule has 139 valence electrons. The lowest BCUT2D eigenvalue weighted by Gasteiger charge is -2.34. The molecule has 0 unspecified atom stereocenters. The Morgan fingerprint density at radius 1 is 1.12 bits per heavy atom. The molecule has 1 radical (unpaired) electrons. The molecule has 0 aromatic carbocycles. The Kier molecular flexibility index (Phi) is 6.61. The van der Waals surface area contributed by atoms with Gasteiger partial charge in [-0.1, -0.05) is 0 Å². The lowest BCUT2D eigenvalue weighted by Crippen LogP contribution is -2.49. The zero-order valence-corrected chi connectivity index (χ0v) is 15.5. The van der Waals surface area contributed by atoms with E-state index in [2.05, 4.69) is 21.7 Å². The van der Waals surface area contributed by atoms with Crippen molar-refractivity contribution in [1.29, 1.82) is 0 Å². The van der Waals surface area contributed by atoms with Crippen LogP contribution in [0.2, 0.25) is 0 Å². The second-order valence-electron chi connectivity index (χ2n) is 6.72. The Morgan fingerprint density at radius 3 is 2.48 bits per heavy atom. The summed E-state index contributed by atoms with van der Waals surface area (Å²) in [7, 11) is -3.16. The molecule has 0 aliphatic carbocycles. The number of sulfonamides is 1. The second-order valence-corrected chi connectivity index (χ2v) is 8.80. The van der Waals surface area contributed by atoms with Gasteiger partial charge in [0.1, 0.15) is 0 Å². The Hall–Kier alpha value is -1.25. The van der Waals surface area contributed by atoms with Crippen LogP contribution >= 0.6 is 0 Å². The molecular weight excluding hydrogens is 338 g/mol. The normalized spacial score (nSPS) is 20.7. The molecule has 2 saturated heterocycles. The summed E-state index contributed by atoms with van der Waals surface area (Å²) in [6, 6.07) is 1.78. The van der Waals surface area contributed by atoms with Crippen molar-refractivity contribution < 1.29 is 8.42 Å². The van der Waals surface area contributed by atoms with Crippen LogP contribution in [0.5, 0.6) is 0 Å². The van der Waals surface area contributed by atoms with Gasteiger partial charge < -0.3 is 10.2 Å². The predicted octanol–water partition coefficient (Wildman–Crippen LogP) is 0.912. The molecule has 0 spiro atoms. The molecule has 0 saturated carbocycles. The third kappa shape index (κ3) is 5.36. The maximum absolute atomic E-state index is 12.5. The monoisotopic (exact) mass is 366 g/mol. The lowest BCUT2D eigenvalue weighted by atomic mass is 9.93. The summed E-state index contributed by atoms with van der Waals surface area (Å²) < 4.78 is 26.7. The SMILES string of the molecule is O=S(=O)(CCC[CH]C1CCNCC1)N1CCN(c2ncccn2)CC1. The Bertz CT molecular complexity index is 611. The molecule has 25 heavy (non-hydrogen) atoms. The standard InChI is InChI=1S/C17H28N5O2S/c23-25(24,15-2-1-4-16-5-9-18-10-6-16)22-13-11-21(12-14-22)17-19-7-3-8-20-17/h3-4,7-8,16,18H,1-2,5-6,9-15H2. The number of nitrogens with zero attached hydrogens (tertiary/aromatic N) is 4. The number of hydrogen-bond acceptors (Lipinski definition) is 6. The molecule has 3 rings (SSSR count). The zero-order valence-electron chi connectivity index (χ0n) is 14.7. The third-order valence-corrected chi connectivity index (χ3v) is 6.91. The summed E-state index contributed by atoms with van der Waals surface area (Å²) in [6.45, 7) is 4.47. The van der Waals surface area contributed by atoms with E-state index in [9.17, 15) is 8.42 Å². The average molecular weight is 367 g/mol. The minimum Gasteiger partial charge on any atom is -0.338 e. The van der Waals surface area contributed by atoms with Crippen molar-refractivity contribution in [3.8, 4) is 0 Å². The molecule has 0 amide bonds. The molecule has 3 heterocycles. The van der Waals surface area contributed by atoms with Gasteiger partial charge in [0, 0.05) is 38.6 Å². The maximum atomic E-state index is 12.5. The van der Waals surface area contributed by atoms with Crippen LogP contribution < -0.4 is 10.2 Å². The zero-order chi connectivity index (χ0) is 17.5. The van der Waals surface area contributed by atoms with Crippen molar-refractivity contribution in [2.45, 2.75) is 25.7 Å². The highest BCUT2D eigenvalue weighted by molar-refractivity contribution is 7.89. The molecule has 2 aliphatic rings. The highest BCUT2D eigenvalue weighted by Gasteiger charge is 2.27. The molecule has 2 fully saturated rings. The number of unbranched alkanes of at least 4 members (excludes halogenated alkanes) is 1. The summed E-state index contributed by atoms with van der Waals surface area (Å²) in [4.78, 5) is 10.5. The number of aromatic nitrogens is 2. The van der Waals surface area contributed by atoms with Crippen molar-refractivity contribution in [2.24, 2.45) is 5.92 Å². The van der Waals surface area contributed by atoms with Gasteiger partial charge in [-0.15, -0.1) is 0 Å². The van der Waals surface area contributed by atoms with Crippen LogP contribution in [0.25, 0.3) is 0 Å². The first kappa shape index (κ1) is 18.5. The van der Waals surface area contributed by atoms with Crippen LogP contribution in [-0.2, 0) is 10.0 Å². The van der Waals surface area contributed by atoms with Gasteiger partial charge >= 0.3 is 0 Å². The van der Waals surface area contributed by atoms with E-state index in [1.165, 1.54) is 12.8 Å². The van der Waals surface area contributed by atoms with Gasteiger partial charge in [0.05, 0.1) is 5.75 Å². The van der Waals surface area contributed by atoms with Gasteiger partial charge in [-0.2, -0.15) is 4.31 Å². The van der Waals surface area contributed by atoms with Crippen molar-refractivity contribution in [3.63, 3.8) is 0 Å². The number of anilines is 1. The topological polar surface area (TPSA) is 78.4 Å². The quantitative estimate of drug-likeness (QED) is 0.723. The summed E-state index contributed by atoms with van der Waals surface area (Å²) in [6.07, 6.45) is 9.71. The Balaban J connectivity index is 1.39. The van der Waals surface area contributed by atoms with E-state index < -0.39 is 10.0 Å². The van der Waals surface area contributed by atoms with E-state index in [-0.39, 0.29) is 5.75 Å². The maximum Gasteiger partial charge on any atom is 0.225 e. The van der Waals surface area contributed by atoms with E-state index in [1.807, 2.05) is 4.90 Å². The molecule has 1 aromatic rings. The van der Waals surface area contributed by atoms with Crippen LogP contribution in [0.3, 0.4) is 0 Å². The average Bonchev–Trinajstić information content (AvgIpc) is 2.67. The largest absolute Gasteiger partial charge is 0.338 e. The number of piperidine rings is 1.